The quantitative estimate of drug-likeness (QED) is 0.794. The number of anilines is 2. The molecule has 0 fully saturated rings. The van der Waals surface area contributed by atoms with Gasteiger partial charge in [0, 0.05) is 0 Å². The zero-order valence-electron chi connectivity index (χ0n) is 11.2. The van der Waals surface area contributed by atoms with Gasteiger partial charge in [-0.25, -0.2) is 0 Å². The van der Waals surface area contributed by atoms with Gasteiger partial charge in [0.2, 0.25) is 0 Å². The van der Waals surface area contributed by atoms with Crippen LogP contribution in [0.3, 0.4) is 0 Å². The first-order valence-corrected chi connectivity index (χ1v) is 6.78. The van der Waals surface area contributed by atoms with Crippen LogP contribution < -0.4 is 15.4 Å². The molecule has 0 atom stereocenters. The molecule has 0 saturated carbocycles. The molecule has 6 nitrogen and oxygen atoms in total. The predicted octanol–water partition coefficient (Wildman–Crippen LogP) is 2.63. The van der Waals surface area contributed by atoms with E-state index >= 15 is 0 Å². The fourth-order valence-electron chi connectivity index (χ4n) is 2.09. The maximum Gasteiger partial charge on any atom is 0.262 e. The molecule has 0 aliphatic carbocycles. The highest BCUT2D eigenvalue weighted by Gasteiger charge is 2.21. The number of amides is 2. The average Bonchev–Trinajstić information content (AvgIpc) is 2.49. The van der Waals surface area contributed by atoms with Crippen LogP contribution in [0.2, 0.25) is 5.02 Å². The number of carbonyl (C=O) groups is 2. The Kier molecular flexibility index (Phi) is 3.60. The lowest BCUT2D eigenvalue weighted by molar-refractivity contribution is -0.118. The highest BCUT2D eigenvalue weighted by atomic mass is 35.5. The smallest absolute Gasteiger partial charge is 0.262 e. The van der Waals surface area contributed by atoms with E-state index in [9.17, 15) is 14.7 Å². The van der Waals surface area contributed by atoms with E-state index < -0.39 is 5.91 Å². The maximum absolute atomic E-state index is 12.3. The van der Waals surface area contributed by atoms with Gasteiger partial charge in [-0.15, -0.1) is 0 Å². The van der Waals surface area contributed by atoms with Crippen molar-refractivity contribution >= 4 is 34.8 Å². The van der Waals surface area contributed by atoms with Gasteiger partial charge in [-0.3, -0.25) is 9.59 Å². The van der Waals surface area contributed by atoms with Crippen LogP contribution in [0.1, 0.15) is 10.4 Å². The number of carbonyl (C=O) groups excluding carboxylic acids is 2. The molecule has 0 spiro atoms. The minimum atomic E-state index is -0.491. The zero-order chi connectivity index (χ0) is 15.7. The molecule has 2 aromatic rings. The summed E-state index contributed by atoms with van der Waals surface area (Å²) >= 11 is 5.96. The fraction of sp³-hybridized carbons (Fsp3) is 0.0667. The van der Waals surface area contributed by atoms with E-state index in [1.165, 1.54) is 18.2 Å². The number of fused-ring (bicyclic) bond motifs is 1. The Bertz CT molecular complexity index is 776. The van der Waals surface area contributed by atoms with Gasteiger partial charge in [0.05, 0.1) is 22.0 Å². The molecular formula is C15H11ClN2O4. The van der Waals surface area contributed by atoms with Gasteiger partial charge < -0.3 is 20.5 Å². The van der Waals surface area contributed by atoms with Crippen molar-refractivity contribution in [2.24, 2.45) is 0 Å². The molecule has 3 N–H and O–H groups in total. The minimum absolute atomic E-state index is 0.0619. The lowest BCUT2D eigenvalue weighted by Crippen LogP contribution is -2.26. The lowest BCUT2D eigenvalue weighted by Gasteiger charge is -2.20. The second-order valence-corrected chi connectivity index (χ2v) is 5.04. The van der Waals surface area contributed by atoms with Gasteiger partial charge in [-0.2, -0.15) is 0 Å². The topological polar surface area (TPSA) is 87.7 Å². The summed E-state index contributed by atoms with van der Waals surface area (Å²) in [4.78, 5) is 23.6. The highest BCUT2D eigenvalue weighted by molar-refractivity contribution is 6.34. The number of halogens is 1. The van der Waals surface area contributed by atoms with Gasteiger partial charge in [-0.1, -0.05) is 17.7 Å². The Morgan fingerprint density at radius 1 is 1.32 bits per heavy atom. The molecule has 0 aromatic heterocycles. The average molecular weight is 319 g/mol. The molecule has 0 saturated heterocycles. The number of hydrogen-bond donors (Lipinski definition) is 3. The van der Waals surface area contributed by atoms with Crippen molar-refractivity contribution in [2.75, 3.05) is 17.2 Å². The van der Waals surface area contributed by atoms with Gasteiger partial charge in [0.25, 0.3) is 11.8 Å². The molecule has 1 aliphatic rings. The molecule has 0 unspecified atom stereocenters. The first-order chi connectivity index (χ1) is 10.5. The number of aromatic hydroxyl groups is 1. The SMILES string of the molecule is O=C1COc2c(cccc2NC(=O)c2cc(O)ccc2Cl)N1. The standard InChI is InChI=1S/C15H11ClN2O4/c16-10-5-4-8(19)6-9(10)15(21)18-12-3-1-2-11-14(12)22-7-13(20)17-11/h1-6,19H,7H2,(H,17,20)(H,18,21). The summed E-state index contributed by atoms with van der Waals surface area (Å²) in [6, 6.07) is 9.09. The Hall–Kier alpha value is -2.73. The maximum atomic E-state index is 12.3. The van der Waals surface area contributed by atoms with Crippen molar-refractivity contribution in [3.8, 4) is 11.5 Å². The monoisotopic (exact) mass is 318 g/mol. The van der Waals surface area contributed by atoms with E-state index in [1.54, 1.807) is 18.2 Å². The van der Waals surface area contributed by atoms with Gasteiger partial charge in [0.15, 0.2) is 12.4 Å². The van der Waals surface area contributed by atoms with Crippen LogP contribution in [0.25, 0.3) is 0 Å². The van der Waals surface area contributed by atoms with Gasteiger partial charge in [0.1, 0.15) is 5.75 Å². The van der Waals surface area contributed by atoms with Crippen molar-refractivity contribution in [3.05, 3.63) is 47.0 Å². The van der Waals surface area contributed by atoms with Crippen LogP contribution in [0.5, 0.6) is 11.5 Å². The summed E-state index contributed by atoms with van der Waals surface area (Å²) in [7, 11) is 0. The van der Waals surface area contributed by atoms with Crippen LogP contribution in [0.4, 0.5) is 11.4 Å². The van der Waals surface area contributed by atoms with Crippen molar-refractivity contribution in [1.82, 2.24) is 0 Å². The van der Waals surface area contributed by atoms with E-state index in [0.29, 0.717) is 17.1 Å². The third-order valence-electron chi connectivity index (χ3n) is 3.08. The number of rotatable bonds is 2. The molecular weight excluding hydrogens is 308 g/mol. The number of phenolic OH excluding ortho intramolecular Hbond substituents is 1. The third-order valence-corrected chi connectivity index (χ3v) is 3.41. The number of benzene rings is 2. The normalized spacial score (nSPS) is 12.9. The van der Waals surface area contributed by atoms with Crippen LogP contribution in [-0.4, -0.2) is 23.5 Å². The molecule has 112 valence electrons. The van der Waals surface area contributed by atoms with E-state index in [4.69, 9.17) is 16.3 Å². The number of nitrogens with one attached hydrogen (secondary N) is 2. The van der Waals surface area contributed by atoms with Crippen molar-refractivity contribution < 1.29 is 19.4 Å². The Balaban J connectivity index is 1.90. The molecule has 2 amide bonds. The van der Waals surface area contributed by atoms with E-state index in [1.807, 2.05) is 0 Å². The number of para-hydroxylation sites is 1. The molecule has 2 aromatic carbocycles. The Morgan fingerprint density at radius 2 is 2.14 bits per heavy atom. The predicted molar refractivity (Wildman–Crippen MR) is 81.6 cm³/mol. The summed E-state index contributed by atoms with van der Waals surface area (Å²) in [5.41, 5.74) is 1.03. The molecule has 0 radical (unpaired) electrons. The van der Waals surface area contributed by atoms with Crippen molar-refractivity contribution in [2.45, 2.75) is 0 Å². The van der Waals surface area contributed by atoms with Crippen molar-refractivity contribution in [3.63, 3.8) is 0 Å². The Labute approximate surface area is 130 Å². The Morgan fingerprint density at radius 3 is 2.95 bits per heavy atom. The van der Waals surface area contributed by atoms with Crippen LogP contribution in [0, 0.1) is 0 Å². The lowest BCUT2D eigenvalue weighted by atomic mass is 10.1. The third kappa shape index (κ3) is 2.68. The molecule has 7 heteroatoms. The summed E-state index contributed by atoms with van der Waals surface area (Å²) in [6.45, 7) is -0.118. The van der Waals surface area contributed by atoms with Gasteiger partial charge in [-0.05, 0) is 30.3 Å². The second-order valence-electron chi connectivity index (χ2n) is 4.64. The van der Waals surface area contributed by atoms with Crippen LogP contribution >= 0.6 is 11.6 Å². The molecule has 22 heavy (non-hydrogen) atoms. The van der Waals surface area contributed by atoms with Gasteiger partial charge >= 0.3 is 0 Å². The number of hydrogen-bond acceptors (Lipinski definition) is 4. The van der Waals surface area contributed by atoms with E-state index in [-0.39, 0.29) is 28.8 Å². The van der Waals surface area contributed by atoms with E-state index in [2.05, 4.69) is 10.6 Å². The fourth-order valence-corrected chi connectivity index (χ4v) is 2.29. The van der Waals surface area contributed by atoms with Crippen LogP contribution in [0.15, 0.2) is 36.4 Å². The first-order valence-electron chi connectivity index (χ1n) is 6.40. The molecule has 0 bridgehead atoms. The zero-order valence-corrected chi connectivity index (χ0v) is 12.0. The van der Waals surface area contributed by atoms with Crippen LogP contribution in [-0.2, 0) is 4.79 Å². The summed E-state index contributed by atoms with van der Waals surface area (Å²) in [5, 5.41) is 15.0. The first kappa shape index (κ1) is 14.2. The second kappa shape index (κ2) is 5.57. The molecule has 1 heterocycles. The number of ether oxygens (including phenoxy) is 1. The summed E-state index contributed by atoms with van der Waals surface area (Å²) in [6.07, 6.45) is 0. The summed E-state index contributed by atoms with van der Waals surface area (Å²) < 4.78 is 5.35. The minimum Gasteiger partial charge on any atom is -0.508 e. The van der Waals surface area contributed by atoms with E-state index in [0.717, 1.165) is 0 Å². The highest BCUT2D eigenvalue weighted by Crippen LogP contribution is 2.36. The number of phenols is 1. The summed E-state index contributed by atoms with van der Waals surface area (Å²) in [5.74, 6) is -0.429. The van der Waals surface area contributed by atoms with Crippen molar-refractivity contribution in [1.29, 1.82) is 0 Å². The molecule has 1 aliphatic heterocycles. The largest absolute Gasteiger partial charge is 0.508 e. The molecule has 3 rings (SSSR count).